The van der Waals surface area contributed by atoms with Gasteiger partial charge in [-0.15, -0.1) is 5.10 Å². The van der Waals surface area contributed by atoms with Gasteiger partial charge in [0.2, 0.25) is 0 Å². The number of ether oxygens (including phenoxy) is 2. The lowest BCUT2D eigenvalue weighted by Crippen LogP contribution is -2.28. The van der Waals surface area contributed by atoms with Crippen molar-refractivity contribution < 1.29 is 22.6 Å². The van der Waals surface area contributed by atoms with Crippen LogP contribution in [0, 0.1) is 0 Å². The molecule has 4 aromatic rings. The number of hydrogen-bond acceptors (Lipinski definition) is 7. The van der Waals surface area contributed by atoms with Gasteiger partial charge in [-0.05, 0) is 101 Å². The summed E-state index contributed by atoms with van der Waals surface area (Å²) >= 11 is 6.11. The topological polar surface area (TPSA) is 128 Å². The van der Waals surface area contributed by atoms with E-state index in [4.69, 9.17) is 36.9 Å². The van der Waals surface area contributed by atoms with E-state index in [9.17, 15) is 13.2 Å². The molecular weight excluding hydrogens is 681 g/mol. The standard InChI is InChI=1S/C37H42ClF3N8O2/c1-23(37(39,40)41)18-26(32-22-44-36-13-12-35(48-49(32)36)46-29-14-16-50-17-15-29)19-24(2)51-30-8-6-28(7-9-30)45-33(42)10-11-34-43-21-31(47-34)25-4-3-5-27(38)20-25/h3-5,10-13,18-22,24,28-30H,6-9,14-17H2,1-2H3,(H2,42,45)(H,43,47)(H,46,48)/b11-10-,23-18+,26-19+. The van der Waals surface area contributed by atoms with Crippen molar-refractivity contribution >= 4 is 40.6 Å². The maximum Gasteiger partial charge on any atom is 0.412 e. The first-order valence-corrected chi connectivity index (χ1v) is 17.5. The number of nitrogens with zero attached hydrogens (tertiary/aromatic N) is 5. The fourth-order valence-electron chi connectivity index (χ4n) is 6.27. The van der Waals surface area contributed by atoms with Gasteiger partial charge in [0.05, 0.1) is 42.0 Å². The molecule has 0 bridgehead atoms. The van der Waals surface area contributed by atoms with E-state index in [1.807, 2.05) is 37.3 Å². The quantitative estimate of drug-likeness (QED) is 0.0812. The van der Waals surface area contributed by atoms with E-state index in [0.29, 0.717) is 52.6 Å². The minimum atomic E-state index is -4.49. The monoisotopic (exact) mass is 722 g/mol. The highest BCUT2D eigenvalue weighted by molar-refractivity contribution is 6.30. The molecule has 1 aromatic carbocycles. The van der Waals surface area contributed by atoms with Crippen molar-refractivity contribution in [2.75, 3.05) is 18.5 Å². The predicted molar refractivity (Wildman–Crippen MR) is 195 cm³/mol. The van der Waals surface area contributed by atoms with E-state index < -0.39 is 17.9 Å². The van der Waals surface area contributed by atoms with E-state index in [1.165, 1.54) is 0 Å². The lowest BCUT2D eigenvalue weighted by atomic mass is 9.93. The summed E-state index contributed by atoms with van der Waals surface area (Å²) in [5, 5.41) is 8.76. The van der Waals surface area contributed by atoms with E-state index in [1.54, 1.807) is 41.2 Å². The molecule has 2 fully saturated rings. The molecule has 0 radical (unpaired) electrons. The number of fused-ring (bicyclic) bond motifs is 1. The largest absolute Gasteiger partial charge is 0.412 e. The zero-order chi connectivity index (χ0) is 36.0. The fraction of sp³-hybridized carbons (Fsp3) is 0.405. The number of aromatic amines is 1. The molecule has 4 N–H and O–H groups in total. The van der Waals surface area contributed by atoms with Crippen LogP contribution in [0.1, 0.15) is 63.9 Å². The molecule has 4 heterocycles. The van der Waals surface area contributed by atoms with Crippen molar-refractivity contribution in [3.8, 4) is 11.3 Å². The Morgan fingerprint density at radius 1 is 1.12 bits per heavy atom. The maximum absolute atomic E-state index is 13.7. The lowest BCUT2D eigenvalue weighted by Gasteiger charge is -2.28. The number of benzene rings is 1. The second kappa shape index (κ2) is 16.3. The van der Waals surface area contributed by atoms with E-state index in [-0.39, 0.29) is 18.2 Å². The number of rotatable bonds is 11. The molecule has 2 aliphatic rings. The summed E-state index contributed by atoms with van der Waals surface area (Å²) in [5.41, 5.74) is 8.58. The third-order valence-electron chi connectivity index (χ3n) is 8.99. The van der Waals surface area contributed by atoms with Crippen LogP contribution in [0.2, 0.25) is 5.02 Å². The Kier molecular flexibility index (Phi) is 11.6. The van der Waals surface area contributed by atoms with Gasteiger partial charge < -0.3 is 25.5 Å². The number of imidazole rings is 2. The first-order chi connectivity index (χ1) is 24.5. The summed E-state index contributed by atoms with van der Waals surface area (Å²) in [5.74, 6) is 1.67. The molecule has 0 amide bonds. The van der Waals surface area contributed by atoms with Gasteiger partial charge in [0, 0.05) is 41.0 Å². The molecule has 1 atom stereocenters. The molecule has 1 saturated heterocycles. The SMILES string of the molecule is C/C(=C\C(=C/C(C)OC1CCC(N=C(N)/C=C\c2ncc(-c3cccc(Cl)c3)[nH]2)CC1)c1cnc2ccc(NC3CCOCC3)nn12)C(F)(F)F. The molecule has 1 unspecified atom stereocenters. The third kappa shape index (κ3) is 9.87. The average Bonchev–Trinajstić information content (AvgIpc) is 3.75. The first kappa shape index (κ1) is 36.3. The van der Waals surface area contributed by atoms with Crippen molar-refractivity contribution in [2.45, 2.75) is 82.8 Å². The van der Waals surface area contributed by atoms with Crippen LogP contribution in [0.15, 0.2) is 77.6 Å². The van der Waals surface area contributed by atoms with Gasteiger partial charge in [-0.25, -0.2) is 14.5 Å². The second-order valence-corrected chi connectivity index (χ2v) is 13.4. The summed E-state index contributed by atoms with van der Waals surface area (Å²) in [7, 11) is 0. The Hall–Kier alpha value is -4.46. The predicted octanol–water partition coefficient (Wildman–Crippen LogP) is 8.04. The van der Waals surface area contributed by atoms with Gasteiger partial charge in [0.1, 0.15) is 17.5 Å². The smallest absolute Gasteiger partial charge is 0.384 e. The van der Waals surface area contributed by atoms with Gasteiger partial charge >= 0.3 is 6.18 Å². The van der Waals surface area contributed by atoms with Crippen LogP contribution in [-0.4, -0.2) is 74.1 Å². The van der Waals surface area contributed by atoms with Gasteiger partial charge in [0.25, 0.3) is 0 Å². The Bertz CT molecular complexity index is 1920. The molecule has 3 aromatic heterocycles. The van der Waals surface area contributed by atoms with Crippen LogP contribution in [0.25, 0.3) is 28.6 Å². The number of alkyl halides is 3. The zero-order valence-corrected chi connectivity index (χ0v) is 29.3. The summed E-state index contributed by atoms with van der Waals surface area (Å²) in [6, 6.07) is 11.4. The lowest BCUT2D eigenvalue weighted by molar-refractivity contribution is -0.0912. The highest BCUT2D eigenvalue weighted by atomic mass is 35.5. The van der Waals surface area contributed by atoms with Crippen LogP contribution in [0.5, 0.6) is 0 Å². The van der Waals surface area contributed by atoms with Crippen molar-refractivity contribution in [3.63, 3.8) is 0 Å². The number of aliphatic imine (C=N–C) groups is 1. The number of amidine groups is 1. The summed E-state index contributed by atoms with van der Waals surface area (Å²) in [4.78, 5) is 16.7. The van der Waals surface area contributed by atoms with Crippen LogP contribution in [0.4, 0.5) is 19.0 Å². The highest BCUT2D eigenvalue weighted by Crippen LogP contribution is 2.31. The molecule has 51 heavy (non-hydrogen) atoms. The summed E-state index contributed by atoms with van der Waals surface area (Å²) < 4.78 is 54.5. The van der Waals surface area contributed by atoms with Gasteiger partial charge in [-0.1, -0.05) is 23.7 Å². The van der Waals surface area contributed by atoms with E-state index in [2.05, 4.69) is 20.3 Å². The van der Waals surface area contributed by atoms with E-state index >= 15 is 0 Å². The van der Waals surface area contributed by atoms with Gasteiger partial charge in [-0.2, -0.15) is 13.2 Å². The molecule has 270 valence electrons. The summed E-state index contributed by atoms with van der Waals surface area (Å²) in [6.45, 7) is 4.24. The van der Waals surface area contributed by atoms with Gasteiger partial charge in [0.15, 0.2) is 5.65 Å². The molecular formula is C37H42ClF3N8O2. The van der Waals surface area contributed by atoms with Crippen LogP contribution in [-0.2, 0) is 9.47 Å². The van der Waals surface area contributed by atoms with E-state index in [0.717, 1.165) is 62.8 Å². The molecule has 1 saturated carbocycles. The number of nitrogens with two attached hydrogens (primary N) is 1. The minimum absolute atomic E-state index is 0.0417. The molecule has 1 aliphatic carbocycles. The van der Waals surface area contributed by atoms with Crippen molar-refractivity contribution in [1.29, 1.82) is 0 Å². The Balaban J connectivity index is 1.09. The van der Waals surface area contributed by atoms with Crippen LogP contribution < -0.4 is 11.1 Å². The highest BCUT2D eigenvalue weighted by Gasteiger charge is 2.31. The first-order valence-electron chi connectivity index (χ1n) is 17.1. The Morgan fingerprint density at radius 2 is 1.90 bits per heavy atom. The number of nitrogens with one attached hydrogen (secondary N) is 2. The normalized spacial score (nSPS) is 20.7. The summed E-state index contributed by atoms with van der Waals surface area (Å²) in [6.07, 6.45) is 9.34. The number of aromatic nitrogens is 5. The molecule has 14 heteroatoms. The average molecular weight is 723 g/mol. The Labute approximate surface area is 299 Å². The molecule has 1 aliphatic heterocycles. The van der Waals surface area contributed by atoms with Crippen molar-refractivity contribution in [2.24, 2.45) is 10.7 Å². The number of allylic oxidation sites excluding steroid dienone is 3. The molecule has 10 nitrogen and oxygen atoms in total. The van der Waals surface area contributed by atoms with Crippen molar-refractivity contribution in [3.05, 3.63) is 89.1 Å². The Morgan fingerprint density at radius 3 is 2.65 bits per heavy atom. The van der Waals surface area contributed by atoms with Gasteiger partial charge in [-0.3, -0.25) is 4.99 Å². The maximum atomic E-state index is 13.7. The minimum Gasteiger partial charge on any atom is -0.384 e. The number of hydrogen-bond donors (Lipinski definition) is 3. The van der Waals surface area contributed by atoms with Crippen LogP contribution >= 0.6 is 11.6 Å². The number of H-pyrrole nitrogens is 1. The molecule has 0 spiro atoms. The van der Waals surface area contributed by atoms with Crippen LogP contribution in [0.3, 0.4) is 0 Å². The second-order valence-electron chi connectivity index (χ2n) is 13.0. The van der Waals surface area contributed by atoms with Crippen molar-refractivity contribution in [1.82, 2.24) is 24.6 Å². The third-order valence-corrected chi connectivity index (χ3v) is 9.23. The zero-order valence-electron chi connectivity index (χ0n) is 28.5. The fourth-order valence-corrected chi connectivity index (χ4v) is 6.46. The number of halogens is 4. The number of anilines is 1. The molecule has 6 rings (SSSR count).